The number of amides is 1. The normalized spacial score (nSPS) is 10.5. The molecule has 156 valence electrons. The first-order valence-electron chi connectivity index (χ1n) is 9.66. The molecule has 4 rings (SSSR count). The van der Waals surface area contributed by atoms with Crippen molar-refractivity contribution in [3.63, 3.8) is 0 Å². The average Bonchev–Trinajstić information content (AvgIpc) is 3.32. The monoisotopic (exact) mass is 415 g/mol. The lowest BCUT2D eigenvalue weighted by Crippen LogP contribution is -2.22. The lowest BCUT2D eigenvalue weighted by molar-refractivity contribution is 0.0946. The number of hydrogen-bond donors (Lipinski definition) is 1. The van der Waals surface area contributed by atoms with Crippen molar-refractivity contribution < 1.29 is 18.8 Å². The van der Waals surface area contributed by atoms with Crippen molar-refractivity contribution in [3.05, 3.63) is 84.3 Å². The number of carbonyl (C=O) groups is 1. The van der Waals surface area contributed by atoms with Crippen LogP contribution in [0, 0.1) is 0 Å². The van der Waals surface area contributed by atoms with E-state index in [2.05, 4.69) is 15.5 Å². The number of hydrogen-bond acceptors (Lipinski definition) is 6. The molecule has 1 N–H and O–H groups in total. The van der Waals surface area contributed by atoms with Gasteiger partial charge in [-0.1, -0.05) is 47.6 Å². The molecule has 1 heterocycles. The quantitative estimate of drug-likeness (QED) is 0.483. The highest BCUT2D eigenvalue weighted by molar-refractivity contribution is 5.94. The third-order valence-electron chi connectivity index (χ3n) is 4.76. The summed E-state index contributed by atoms with van der Waals surface area (Å²) in [7, 11) is 3.13. The number of benzene rings is 3. The Balaban J connectivity index is 1.40. The number of nitrogens with one attached hydrogen (secondary N) is 1. The van der Waals surface area contributed by atoms with E-state index in [9.17, 15) is 4.79 Å². The van der Waals surface area contributed by atoms with Gasteiger partial charge < -0.3 is 19.3 Å². The molecule has 1 aromatic heterocycles. The Hall–Kier alpha value is -4.13. The Morgan fingerprint density at radius 1 is 0.871 bits per heavy atom. The molecule has 0 aliphatic heterocycles. The van der Waals surface area contributed by atoms with Gasteiger partial charge in [-0.05, 0) is 41.5 Å². The minimum Gasteiger partial charge on any atom is -0.493 e. The summed E-state index contributed by atoms with van der Waals surface area (Å²) < 4.78 is 15.8. The maximum absolute atomic E-state index is 12.5. The Bertz CT molecular complexity index is 1170. The first-order valence-corrected chi connectivity index (χ1v) is 9.66. The summed E-state index contributed by atoms with van der Waals surface area (Å²) in [5, 5.41) is 6.78. The van der Waals surface area contributed by atoms with Crippen LogP contribution in [0.1, 0.15) is 16.2 Å². The SMILES string of the molecule is COc1ccc(-c2noc(CNC(=O)c3ccc(-c4ccccc4)cc3)n2)cc1OC. The molecule has 0 saturated carbocycles. The van der Waals surface area contributed by atoms with Crippen LogP contribution < -0.4 is 14.8 Å². The molecule has 0 saturated heterocycles. The van der Waals surface area contributed by atoms with Crippen molar-refractivity contribution in [2.45, 2.75) is 6.54 Å². The van der Waals surface area contributed by atoms with Gasteiger partial charge in [-0.15, -0.1) is 0 Å². The van der Waals surface area contributed by atoms with Crippen LogP contribution in [-0.4, -0.2) is 30.3 Å². The van der Waals surface area contributed by atoms with Gasteiger partial charge in [0.2, 0.25) is 11.7 Å². The van der Waals surface area contributed by atoms with Crippen molar-refractivity contribution in [3.8, 4) is 34.0 Å². The van der Waals surface area contributed by atoms with Crippen LogP contribution >= 0.6 is 0 Å². The summed E-state index contributed by atoms with van der Waals surface area (Å²) >= 11 is 0. The van der Waals surface area contributed by atoms with Gasteiger partial charge in [0.1, 0.15) is 0 Å². The van der Waals surface area contributed by atoms with Crippen LogP contribution in [-0.2, 0) is 6.54 Å². The zero-order valence-corrected chi connectivity index (χ0v) is 17.2. The maximum atomic E-state index is 12.5. The maximum Gasteiger partial charge on any atom is 0.251 e. The van der Waals surface area contributed by atoms with E-state index in [0.29, 0.717) is 28.8 Å². The summed E-state index contributed by atoms with van der Waals surface area (Å²) in [5.41, 5.74) is 3.42. The smallest absolute Gasteiger partial charge is 0.251 e. The molecular weight excluding hydrogens is 394 g/mol. The van der Waals surface area contributed by atoms with Crippen molar-refractivity contribution >= 4 is 5.91 Å². The molecule has 7 heteroatoms. The van der Waals surface area contributed by atoms with Gasteiger partial charge in [-0.2, -0.15) is 4.98 Å². The number of ether oxygens (including phenoxy) is 2. The highest BCUT2D eigenvalue weighted by atomic mass is 16.5. The molecule has 0 fully saturated rings. The van der Waals surface area contributed by atoms with Gasteiger partial charge in [-0.25, -0.2) is 0 Å². The second kappa shape index (κ2) is 9.13. The Morgan fingerprint density at radius 3 is 2.26 bits per heavy atom. The summed E-state index contributed by atoms with van der Waals surface area (Å²) in [6, 6.07) is 22.8. The first kappa shape index (κ1) is 20.2. The summed E-state index contributed by atoms with van der Waals surface area (Å²) in [4.78, 5) is 16.8. The fraction of sp³-hybridized carbons (Fsp3) is 0.125. The molecule has 0 radical (unpaired) electrons. The minimum atomic E-state index is -0.217. The van der Waals surface area contributed by atoms with E-state index in [1.54, 1.807) is 38.5 Å². The predicted octanol–water partition coefficient (Wildman–Crippen LogP) is 4.35. The fourth-order valence-corrected chi connectivity index (χ4v) is 3.12. The van der Waals surface area contributed by atoms with Gasteiger partial charge in [-0.3, -0.25) is 4.79 Å². The van der Waals surface area contributed by atoms with Crippen LogP contribution in [0.2, 0.25) is 0 Å². The van der Waals surface area contributed by atoms with Crippen LogP contribution in [0.4, 0.5) is 0 Å². The van der Waals surface area contributed by atoms with Gasteiger partial charge in [0.05, 0.1) is 20.8 Å². The topological polar surface area (TPSA) is 86.5 Å². The van der Waals surface area contributed by atoms with Gasteiger partial charge in [0.25, 0.3) is 5.91 Å². The zero-order valence-electron chi connectivity index (χ0n) is 17.2. The molecule has 1 amide bonds. The second-order valence-corrected chi connectivity index (χ2v) is 6.71. The molecule has 3 aromatic carbocycles. The molecule has 0 aliphatic carbocycles. The average molecular weight is 415 g/mol. The number of rotatable bonds is 7. The van der Waals surface area contributed by atoms with Crippen LogP contribution in [0.25, 0.3) is 22.5 Å². The van der Waals surface area contributed by atoms with E-state index in [0.717, 1.165) is 16.7 Å². The molecule has 0 unspecified atom stereocenters. The van der Waals surface area contributed by atoms with Gasteiger partial charge in [0.15, 0.2) is 11.5 Å². The third-order valence-corrected chi connectivity index (χ3v) is 4.76. The molecule has 7 nitrogen and oxygen atoms in total. The van der Waals surface area contributed by atoms with E-state index in [4.69, 9.17) is 14.0 Å². The van der Waals surface area contributed by atoms with Gasteiger partial charge >= 0.3 is 0 Å². The summed E-state index contributed by atoms with van der Waals surface area (Å²) in [6.45, 7) is 0.125. The van der Waals surface area contributed by atoms with E-state index in [1.807, 2.05) is 48.5 Å². The number of nitrogens with zero attached hydrogens (tertiary/aromatic N) is 2. The molecule has 0 aliphatic rings. The molecular formula is C24H21N3O4. The molecule has 0 spiro atoms. The van der Waals surface area contributed by atoms with Gasteiger partial charge in [0, 0.05) is 11.1 Å². The molecule has 0 atom stereocenters. The minimum absolute atomic E-state index is 0.125. The number of aromatic nitrogens is 2. The third kappa shape index (κ3) is 4.56. The van der Waals surface area contributed by atoms with E-state index >= 15 is 0 Å². The molecule has 4 aromatic rings. The lowest BCUT2D eigenvalue weighted by atomic mass is 10.0. The van der Waals surface area contributed by atoms with Crippen LogP contribution in [0.5, 0.6) is 11.5 Å². The summed E-state index contributed by atoms with van der Waals surface area (Å²) in [5.74, 6) is 1.67. The van der Waals surface area contributed by atoms with E-state index in [-0.39, 0.29) is 12.5 Å². The molecule has 31 heavy (non-hydrogen) atoms. The van der Waals surface area contributed by atoms with Crippen molar-refractivity contribution in [2.75, 3.05) is 14.2 Å². The van der Waals surface area contributed by atoms with Crippen molar-refractivity contribution in [2.24, 2.45) is 0 Å². The van der Waals surface area contributed by atoms with Crippen molar-refractivity contribution in [1.29, 1.82) is 0 Å². The van der Waals surface area contributed by atoms with Crippen LogP contribution in [0.15, 0.2) is 77.3 Å². The Kier molecular flexibility index (Phi) is 5.93. The Labute approximate surface area is 179 Å². The van der Waals surface area contributed by atoms with E-state index < -0.39 is 0 Å². The van der Waals surface area contributed by atoms with Crippen LogP contribution in [0.3, 0.4) is 0 Å². The predicted molar refractivity (Wildman–Crippen MR) is 116 cm³/mol. The second-order valence-electron chi connectivity index (χ2n) is 6.71. The fourth-order valence-electron chi connectivity index (χ4n) is 3.12. The number of methoxy groups -OCH3 is 2. The number of carbonyl (C=O) groups excluding carboxylic acids is 1. The highest BCUT2D eigenvalue weighted by Gasteiger charge is 2.13. The molecule has 0 bridgehead atoms. The standard InChI is InChI=1S/C24H21N3O4/c1-29-20-13-12-19(14-21(20)30-2)23-26-22(31-27-23)15-25-24(28)18-10-8-17(9-11-18)16-6-4-3-5-7-16/h3-14H,15H2,1-2H3,(H,25,28). The lowest BCUT2D eigenvalue weighted by Gasteiger charge is -2.07. The largest absolute Gasteiger partial charge is 0.493 e. The Morgan fingerprint density at radius 2 is 1.55 bits per heavy atom. The summed E-state index contributed by atoms with van der Waals surface area (Å²) in [6.07, 6.45) is 0. The van der Waals surface area contributed by atoms with Crippen molar-refractivity contribution in [1.82, 2.24) is 15.5 Å². The van der Waals surface area contributed by atoms with E-state index in [1.165, 1.54) is 0 Å². The first-order chi connectivity index (χ1) is 15.2. The zero-order chi connectivity index (χ0) is 21.6. The highest BCUT2D eigenvalue weighted by Crippen LogP contribution is 2.31.